The monoisotopic (exact) mass is 453 g/mol. The summed E-state index contributed by atoms with van der Waals surface area (Å²) >= 11 is 0. The van der Waals surface area contributed by atoms with Gasteiger partial charge in [-0.15, -0.1) is 24.0 Å². The first kappa shape index (κ1) is 22.6. The van der Waals surface area contributed by atoms with Gasteiger partial charge in [0.05, 0.1) is 27.9 Å². The third kappa shape index (κ3) is 6.23. The molecule has 1 aromatic carbocycles. The van der Waals surface area contributed by atoms with Gasteiger partial charge in [0.2, 0.25) is 5.75 Å². The van der Waals surface area contributed by atoms with Crippen molar-refractivity contribution in [3.8, 4) is 17.2 Å². The predicted octanol–water partition coefficient (Wildman–Crippen LogP) is 2.03. The molecule has 138 valence electrons. The van der Waals surface area contributed by atoms with Crippen LogP contribution in [-0.2, 0) is 11.3 Å². The Balaban J connectivity index is 0.00000529. The van der Waals surface area contributed by atoms with Crippen molar-refractivity contribution < 1.29 is 18.9 Å². The van der Waals surface area contributed by atoms with Crippen molar-refractivity contribution >= 4 is 29.9 Å². The van der Waals surface area contributed by atoms with Gasteiger partial charge in [-0.05, 0) is 19.1 Å². The molecule has 0 radical (unpaired) electrons. The molecule has 1 atom stereocenters. The quantitative estimate of drug-likeness (QED) is 0.357. The maximum atomic E-state index is 5.47. The Morgan fingerprint density at radius 1 is 1.08 bits per heavy atom. The van der Waals surface area contributed by atoms with Gasteiger partial charge in [0, 0.05) is 32.3 Å². The number of ether oxygens (including phenoxy) is 4. The number of methoxy groups -OCH3 is 4. The van der Waals surface area contributed by atoms with Crippen molar-refractivity contribution in [3.63, 3.8) is 0 Å². The first-order valence-corrected chi connectivity index (χ1v) is 7.35. The molecule has 8 heteroatoms. The highest BCUT2D eigenvalue weighted by atomic mass is 127. The summed E-state index contributed by atoms with van der Waals surface area (Å²) in [6, 6.07) is 3.93. The lowest BCUT2D eigenvalue weighted by Gasteiger charge is -2.19. The van der Waals surface area contributed by atoms with Gasteiger partial charge in [0.25, 0.3) is 0 Å². The van der Waals surface area contributed by atoms with Crippen molar-refractivity contribution in [3.05, 3.63) is 17.7 Å². The van der Waals surface area contributed by atoms with Gasteiger partial charge in [-0.1, -0.05) is 0 Å². The van der Waals surface area contributed by atoms with E-state index in [1.165, 1.54) is 0 Å². The molecule has 1 unspecified atom stereocenters. The van der Waals surface area contributed by atoms with Crippen molar-refractivity contribution in [2.24, 2.45) is 4.99 Å². The van der Waals surface area contributed by atoms with Gasteiger partial charge in [0.15, 0.2) is 17.5 Å². The highest BCUT2D eigenvalue weighted by Gasteiger charge is 2.16. The molecule has 0 aromatic heterocycles. The topological polar surface area (TPSA) is 73.3 Å². The van der Waals surface area contributed by atoms with Crippen LogP contribution < -0.4 is 24.8 Å². The molecular weight excluding hydrogens is 425 g/mol. The fraction of sp³-hybridized carbons (Fsp3) is 0.562. The van der Waals surface area contributed by atoms with Crippen LogP contribution in [-0.4, -0.2) is 54.1 Å². The van der Waals surface area contributed by atoms with Gasteiger partial charge in [-0.2, -0.15) is 0 Å². The number of rotatable bonds is 8. The van der Waals surface area contributed by atoms with Crippen molar-refractivity contribution in [2.75, 3.05) is 42.1 Å². The molecule has 7 nitrogen and oxygen atoms in total. The van der Waals surface area contributed by atoms with E-state index >= 15 is 0 Å². The van der Waals surface area contributed by atoms with Crippen LogP contribution in [0.15, 0.2) is 17.1 Å². The second-order valence-electron chi connectivity index (χ2n) is 4.92. The summed E-state index contributed by atoms with van der Waals surface area (Å²) in [6.07, 6.45) is 0. The molecule has 0 aliphatic rings. The molecule has 0 saturated carbocycles. The average Bonchev–Trinajstić information content (AvgIpc) is 2.57. The lowest BCUT2D eigenvalue weighted by atomic mass is 10.1. The molecule has 0 amide bonds. The molecule has 0 spiro atoms. The van der Waals surface area contributed by atoms with Gasteiger partial charge < -0.3 is 29.6 Å². The molecule has 0 aliphatic carbocycles. The van der Waals surface area contributed by atoms with E-state index in [2.05, 4.69) is 15.6 Å². The minimum Gasteiger partial charge on any atom is -0.493 e. The summed E-state index contributed by atoms with van der Waals surface area (Å²) in [5.41, 5.74) is 0.937. The molecule has 0 bridgehead atoms. The van der Waals surface area contributed by atoms with Crippen LogP contribution >= 0.6 is 24.0 Å². The predicted molar refractivity (Wildman–Crippen MR) is 106 cm³/mol. The molecule has 0 heterocycles. The van der Waals surface area contributed by atoms with E-state index in [9.17, 15) is 0 Å². The van der Waals surface area contributed by atoms with Crippen LogP contribution in [0.2, 0.25) is 0 Å². The number of nitrogens with one attached hydrogen (secondary N) is 2. The Hall–Kier alpha value is -1.42. The molecule has 0 aliphatic heterocycles. The van der Waals surface area contributed by atoms with Crippen molar-refractivity contribution in [2.45, 2.75) is 19.5 Å². The maximum absolute atomic E-state index is 5.47. The smallest absolute Gasteiger partial charge is 0.203 e. The Labute approximate surface area is 161 Å². The van der Waals surface area contributed by atoms with E-state index in [-0.39, 0.29) is 30.0 Å². The van der Waals surface area contributed by atoms with E-state index in [1.54, 1.807) is 35.5 Å². The third-order valence-electron chi connectivity index (χ3n) is 3.26. The molecular formula is C16H28IN3O4. The minimum absolute atomic E-state index is 0. The van der Waals surface area contributed by atoms with Gasteiger partial charge in [-0.3, -0.25) is 4.99 Å². The summed E-state index contributed by atoms with van der Waals surface area (Å²) in [6.45, 7) is 3.15. The Bertz CT molecular complexity index is 526. The lowest BCUT2D eigenvalue weighted by molar-refractivity contribution is 0.179. The maximum Gasteiger partial charge on any atom is 0.203 e. The van der Waals surface area contributed by atoms with E-state index < -0.39 is 0 Å². The molecule has 24 heavy (non-hydrogen) atoms. The van der Waals surface area contributed by atoms with Gasteiger partial charge >= 0.3 is 0 Å². The number of guanidine groups is 1. The van der Waals surface area contributed by atoms with Crippen LogP contribution in [0.3, 0.4) is 0 Å². The number of hydrogen-bond donors (Lipinski definition) is 2. The first-order chi connectivity index (χ1) is 11.1. The highest BCUT2D eigenvalue weighted by Crippen LogP contribution is 2.39. The largest absolute Gasteiger partial charge is 0.493 e. The second-order valence-corrected chi connectivity index (χ2v) is 4.92. The van der Waals surface area contributed by atoms with Gasteiger partial charge in [0.1, 0.15) is 0 Å². The minimum atomic E-state index is 0. The van der Waals surface area contributed by atoms with Crippen LogP contribution in [0.5, 0.6) is 17.2 Å². The fourth-order valence-corrected chi connectivity index (χ4v) is 2.20. The van der Waals surface area contributed by atoms with E-state index in [4.69, 9.17) is 18.9 Å². The standard InChI is InChI=1S/C16H27N3O4.HI/c1-11(10-20-3)19-16(17-2)18-9-12-7-8-13(21-4)15(23-6)14(12)22-5;/h7-8,11H,9-10H2,1-6H3,(H2,17,18,19);1H. The van der Waals surface area contributed by atoms with E-state index in [0.29, 0.717) is 36.4 Å². The number of nitrogens with zero attached hydrogens (tertiary/aromatic N) is 1. The Kier molecular flexibility index (Phi) is 11.3. The van der Waals surface area contributed by atoms with E-state index in [0.717, 1.165) is 5.56 Å². The SMILES string of the molecule is CN=C(NCc1ccc(OC)c(OC)c1OC)NC(C)COC.I. The van der Waals surface area contributed by atoms with E-state index in [1.807, 2.05) is 19.1 Å². The van der Waals surface area contributed by atoms with Crippen molar-refractivity contribution in [1.29, 1.82) is 0 Å². The van der Waals surface area contributed by atoms with Crippen LogP contribution in [0.25, 0.3) is 0 Å². The zero-order valence-electron chi connectivity index (χ0n) is 15.1. The number of hydrogen-bond acceptors (Lipinski definition) is 5. The van der Waals surface area contributed by atoms with Crippen LogP contribution in [0, 0.1) is 0 Å². The zero-order valence-corrected chi connectivity index (χ0v) is 17.5. The summed E-state index contributed by atoms with van der Waals surface area (Å²) < 4.78 is 21.3. The Morgan fingerprint density at radius 3 is 2.25 bits per heavy atom. The third-order valence-corrected chi connectivity index (χ3v) is 3.26. The highest BCUT2D eigenvalue weighted by molar-refractivity contribution is 14.0. The molecule has 1 rings (SSSR count). The molecule has 1 aromatic rings. The Morgan fingerprint density at radius 2 is 1.75 bits per heavy atom. The molecule has 0 saturated heterocycles. The molecule has 2 N–H and O–H groups in total. The normalized spacial score (nSPS) is 12.0. The average molecular weight is 453 g/mol. The summed E-state index contributed by atoms with van der Waals surface area (Å²) in [4.78, 5) is 4.20. The van der Waals surface area contributed by atoms with Crippen LogP contribution in [0.1, 0.15) is 12.5 Å². The summed E-state index contributed by atoms with van der Waals surface area (Å²) in [5, 5.41) is 6.49. The number of benzene rings is 1. The summed E-state index contributed by atoms with van der Waals surface area (Å²) in [5.74, 6) is 2.53. The second kappa shape index (κ2) is 12.0. The number of aliphatic imine (C=N–C) groups is 1. The van der Waals surface area contributed by atoms with Crippen LogP contribution in [0.4, 0.5) is 0 Å². The first-order valence-electron chi connectivity index (χ1n) is 7.35. The van der Waals surface area contributed by atoms with Gasteiger partial charge in [-0.25, -0.2) is 0 Å². The summed E-state index contributed by atoms with van der Waals surface area (Å²) in [7, 11) is 8.18. The molecule has 0 fully saturated rings. The zero-order chi connectivity index (χ0) is 17.2. The lowest BCUT2D eigenvalue weighted by Crippen LogP contribution is -2.43. The van der Waals surface area contributed by atoms with Crippen molar-refractivity contribution in [1.82, 2.24) is 10.6 Å². The number of halogens is 1. The fourth-order valence-electron chi connectivity index (χ4n) is 2.20.